The maximum Gasteiger partial charge on any atom is 0.138 e. The van der Waals surface area contributed by atoms with E-state index in [9.17, 15) is 0 Å². The van der Waals surface area contributed by atoms with Crippen LogP contribution in [0.4, 0.5) is 0 Å². The highest BCUT2D eigenvalue weighted by Crippen LogP contribution is 2.25. The number of rotatable bonds is 3. The van der Waals surface area contributed by atoms with Gasteiger partial charge in [-0.25, -0.2) is 0 Å². The van der Waals surface area contributed by atoms with Gasteiger partial charge in [-0.2, -0.15) is 0 Å². The van der Waals surface area contributed by atoms with Crippen LogP contribution in [-0.4, -0.2) is 24.2 Å². The monoisotopic (exact) mass is 274 g/mol. The molecule has 0 unspecified atom stereocenters. The van der Waals surface area contributed by atoms with E-state index >= 15 is 0 Å². The Hall–Kier alpha value is -1.58. The molecule has 0 spiro atoms. The van der Waals surface area contributed by atoms with Gasteiger partial charge in [0.1, 0.15) is 11.9 Å². The minimum absolute atomic E-state index is 0.247. The van der Waals surface area contributed by atoms with Crippen molar-refractivity contribution >= 4 is 11.6 Å². The number of ether oxygens (including phenoxy) is 1. The molecule has 0 aliphatic carbocycles. The van der Waals surface area contributed by atoms with Gasteiger partial charge in [-0.1, -0.05) is 23.7 Å². The Labute approximate surface area is 117 Å². The average molecular weight is 275 g/mol. The Balaban J connectivity index is 1.82. The number of benzene rings is 1. The van der Waals surface area contributed by atoms with Gasteiger partial charge in [0, 0.05) is 23.3 Å². The van der Waals surface area contributed by atoms with E-state index in [1.165, 1.54) is 0 Å². The molecule has 0 amide bonds. The molecule has 98 valence electrons. The minimum atomic E-state index is 0.247. The van der Waals surface area contributed by atoms with Crippen LogP contribution in [0.5, 0.6) is 5.75 Å². The van der Waals surface area contributed by atoms with E-state index in [4.69, 9.17) is 16.3 Å². The van der Waals surface area contributed by atoms with Crippen LogP contribution in [0.3, 0.4) is 0 Å². The molecule has 1 fully saturated rings. The average Bonchev–Trinajstić information content (AvgIpc) is 2.92. The molecule has 1 aromatic heterocycles. The molecule has 0 bridgehead atoms. The van der Waals surface area contributed by atoms with Crippen LogP contribution in [-0.2, 0) is 0 Å². The molecule has 1 aliphatic heterocycles. The van der Waals surface area contributed by atoms with Crippen molar-refractivity contribution in [2.75, 3.05) is 13.1 Å². The van der Waals surface area contributed by atoms with Gasteiger partial charge in [0.25, 0.3) is 0 Å². The van der Waals surface area contributed by atoms with E-state index in [1.54, 1.807) is 6.20 Å². The van der Waals surface area contributed by atoms with Crippen molar-refractivity contribution in [3.05, 3.63) is 47.7 Å². The predicted octanol–water partition coefficient (Wildman–Crippen LogP) is 3.14. The van der Waals surface area contributed by atoms with E-state index in [2.05, 4.69) is 10.3 Å². The van der Waals surface area contributed by atoms with E-state index in [1.807, 2.05) is 36.5 Å². The van der Waals surface area contributed by atoms with Gasteiger partial charge in [-0.05, 0) is 36.7 Å². The quantitative estimate of drug-likeness (QED) is 0.934. The van der Waals surface area contributed by atoms with Crippen molar-refractivity contribution in [1.82, 2.24) is 10.3 Å². The van der Waals surface area contributed by atoms with Crippen LogP contribution in [0.2, 0.25) is 5.02 Å². The highest BCUT2D eigenvalue weighted by Gasteiger charge is 2.16. The Kier molecular flexibility index (Phi) is 3.67. The second-order valence-corrected chi connectivity index (χ2v) is 5.09. The number of nitrogens with zero attached hydrogens (tertiary/aromatic N) is 1. The van der Waals surface area contributed by atoms with Crippen LogP contribution in [0.15, 0.2) is 42.7 Å². The fourth-order valence-corrected chi connectivity index (χ4v) is 2.42. The molecular formula is C15H15ClN2O. The Morgan fingerprint density at radius 2 is 2.16 bits per heavy atom. The largest absolute Gasteiger partial charge is 0.487 e. The summed E-state index contributed by atoms with van der Waals surface area (Å²) in [5.74, 6) is 0.811. The minimum Gasteiger partial charge on any atom is -0.487 e. The lowest BCUT2D eigenvalue weighted by atomic mass is 10.1. The van der Waals surface area contributed by atoms with Crippen molar-refractivity contribution in [3.63, 3.8) is 0 Å². The number of pyridine rings is 1. The Bertz CT molecular complexity index is 568. The van der Waals surface area contributed by atoms with Gasteiger partial charge in [0.05, 0.1) is 6.20 Å². The summed E-state index contributed by atoms with van der Waals surface area (Å²) < 4.78 is 5.91. The molecule has 4 heteroatoms. The van der Waals surface area contributed by atoms with Gasteiger partial charge in [0.15, 0.2) is 0 Å². The van der Waals surface area contributed by atoms with E-state index in [-0.39, 0.29) is 6.10 Å². The van der Waals surface area contributed by atoms with Crippen LogP contribution in [0.1, 0.15) is 6.42 Å². The summed E-state index contributed by atoms with van der Waals surface area (Å²) in [5.41, 5.74) is 2.07. The number of nitrogens with one attached hydrogen (secondary N) is 1. The van der Waals surface area contributed by atoms with E-state index in [0.717, 1.165) is 41.4 Å². The van der Waals surface area contributed by atoms with Crippen LogP contribution >= 0.6 is 11.6 Å². The van der Waals surface area contributed by atoms with Gasteiger partial charge in [-0.15, -0.1) is 0 Å². The molecule has 3 nitrogen and oxygen atoms in total. The molecule has 3 rings (SSSR count). The maximum absolute atomic E-state index is 6.01. The number of halogens is 1. The van der Waals surface area contributed by atoms with Crippen molar-refractivity contribution in [3.8, 4) is 16.9 Å². The topological polar surface area (TPSA) is 34.1 Å². The summed E-state index contributed by atoms with van der Waals surface area (Å²) in [6.45, 7) is 1.92. The zero-order valence-corrected chi connectivity index (χ0v) is 11.2. The Morgan fingerprint density at radius 3 is 2.95 bits per heavy atom. The highest BCUT2D eigenvalue weighted by atomic mass is 35.5. The van der Waals surface area contributed by atoms with Gasteiger partial charge in [0.2, 0.25) is 0 Å². The van der Waals surface area contributed by atoms with Gasteiger partial charge >= 0.3 is 0 Å². The zero-order chi connectivity index (χ0) is 13.1. The summed E-state index contributed by atoms with van der Waals surface area (Å²) in [6, 6.07) is 9.76. The first-order valence-electron chi connectivity index (χ1n) is 6.39. The second-order valence-electron chi connectivity index (χ2n) is 4.65. The third kappa shape index (κ3) is 3.06. The molecule has 1 atom stereocenters. The van der Waals surface area contributed by atoms with Crippen LogP contribution in [0, 0.1) is 0 Å². The van der Waals surface area contributed by atoms with Crippen molar-refractivity contribution in [2.45, 2.75) is 12.5 Å². The van der Waals surface area contributed by atoms with Gasteiger partial charge in [-0.3, -0.25) is 4.98 Å². The van der Waals surface area contributed by atoms with E-state index < -0.39 is 0 Å². The molecule has 0 saturated carbocycles. The first-order chi connectivity index (χ1) is 9.31. The third-order valence-corrected chi connectivity index (χ3v) is 3.42. The number of hydrogen-bond acceptors (Lipinski definition) is 3. The summed E-state index contributed by atoms with van der Waals surface area (Å²) in [6.07, 6.45) is 4.87. The maximum atomic E-state index is 6.01. The fraction of sp³-hybridized carbons (Fsp3) is 0.267. The molecule has 1 aliphatic rings. The SMILES string of the molecule is Clc1cccc(-c2cncc(O[C@@H]3CCNC3)c2)c1. The second kappa shape index (κ2) is 5.59. The normalized spacial score (nSPS) is 18.5. The molecule has 2 heterocycles. The molecular weight excluding hydrogens is 260 g/mol. The third-order valence-electron chi connectivity index (χ3n) is 3.19. The lowest BCUT2D eigenvalue weighted by molar-refractivity contribution is 0.222. The number of hydrogen-bond donors (Lipinski definition) is 1. The highest BCUT2D eigenvalue weighted by molar-refractivity contribution is 6.30. The van der Waals surface area contributed by atoms with Gasteiger partial charge < -0.3 is 10.1 Å². The number of aromatic nitrogens is 1. The summed E-state index contributed by atoms with van der Waals surface area (Å²) in [7, 11) is 0. The van der Waals surface area contributed by atoms with Crippen LogP contribution < -0.4 is 10.1 Å². The lowest BCUT2D eigenvalue weighted by Crippen LogP contribution is -2.19. The smallest absolute Gasteiger partial charge is 0.138 e. The molecule has 1 saturated heterocycles. The predicted molar refractivity (Wildman–Crippen MR) is 76.6 cm³/mol. The first-order valence-corrected chi connectivity index (χ1v) is 6.77. The van der Waals surface area contributed by atoms with Crippen molar-refractivity contribution < 1.29 is 4.74 Å². The molecule has 19 heavy (non-hydrogen) atoms. The lowest BCUT2D eigenvalue weighted by Gasteiger charge is -2.13. The standard InChI is InChI=1S/C15H15ClN2O/c16-13-3-1-2-11(6-13)12-7-15(10-18-8-12)19-14-4-5-17-9-14/h1-3,6-8,10,14,17H,4-5,9H2/t14-/m1/s1. The fourth-order valence-electron chi connectivity index (χ4n) is 2.23. The molecule has 0 radical (unpaired) electrons. The molecule has 2 aromatic rings. The first kappa shape index (κ1) is 12.5. The Morgan fingerprint density at radius 1 is 1.21 bits per heavy atom. The summed E-state index contributed by atoms with van der Waals surface area (Å²) >= 11 is 6.01. The van der Waals surface area contributed by atoms with Crippen molar-refractivity contribution in [2.24, 2.45) is 0 Å². The summed E-state index contributed by atoms with van der Waals surface area (Å²) in [4.78, 5) is 4.24. The molecule has 1 N–H and O–H groups in total. The van der Waals surface area contributed by atoms with Crippen molar-refractivity contribution in [1.29, 1.82) is 0 Å². The molecule has 1 aromatic carbocycles. The summed E-state index contributed by atoms with van der Waals surface area (Å²) in [5, 5.41) is 4.01. The zero-order valence-electron chi connectivity index (χ0n) is 10.5. The van der Waals surface area contributed by atoms with Crippen LogP contribution in [0.25, 0.3) is 11.1 Å². The van der Waals surface area contributed by atoms with E-state index in [0.29, 0.717) is 0 Å².